The van der Waals surface area contributed by atoms with Crippen molar-refractivity contribution in [3.05, 3.63) is 64.7 Å². The molecule has 1 aliphatic carbocycles. The molecule has 0 aromatic heterocycles. The minimum absolute atomic E-state index is 0.0724. The first-order chi connectivity index (χ1) is 15.0. The molecule has 1 atom stereocenters. The number of halogens is 1. The summed E-state index contributed by atoms with van der Waals surface area (Å²) in [7, 11) is 1.61. The number of methoxy groups -OCH3 is 1. The molecule has 1 saturated carbocycles. The zero-order valence-electron chi connectivity index (χ0n) is 18.3. The number of carbonyl (C=O) groups excluding carboxylic acids is 2. The molecule has 1 unspecified atom stereocenters. The number of ether oxygens (including phenoxy) is 1. The highest BCUT2D eigenvalue weighted by molar-refractivity contribution is 6.31. The highest BCUT2D eigenvalue weighted by Crippen LogP contribution is 2.21. The predicted molar refractivity (Wildman–Crippen MR) is 123 cm³/mol. The van der Waals surface area contributed by atoms with Gasteiger partial charge in [0.05, 0.1) is 7.11 Å². The maximum atomic E-state index is 13.2. The maximum absolute atomic E-state index is 13.2. The molecule has 2 amide bonds. The molecule has 0 spiro atoms. The van der Waals surface area contributed by atoms with Crippen LogP contribution >= 0.6 is 11.6 Å². The molecule has 31 heavy (non-hydrogen) atoms. The number of hydrogen-bond acceptors (Lipinski definition) is 3. The van der Waals surface area contributed by atoms with Crippen molar-refractivity contribution < 1.29 is 14.3 Å². The van der Waals surface area contributed by atoms with Crippen molar-refractivity contribution in [2.45, 2.75) is 64.1 Å². The molecule has 1 fully saturated rings. The molecular formula is C25H31ClN2O3. The first kappa shape index (κ1) is 23.1. The minimum atomic E-state index is -0.564. The van der Waals surface area contributed by atoms with Crippen LogP contribution in [0.25, 0.3) is 0 Å². The summed E-state index contributed by atoms with van der Waals surface area (Å²) in [5.41, 5.74) is 1.85. The summed E-state index contributed by atoms with van der Waals surface area (Å²) in [5, 5.41) is 3.78. The van der Waals surface area contributed by atoms with Crippen LogP contribution in [-0.4, -0.2) is 35.9 Å². The molecule has 3 rings (SSSR count). The second-order valence-electron chi connectivity index (χ2n) is 8.13. The van der Waals surface area contributed by atoms with Crippen LogP contribution in [0, 0.1) is 0 Å². The quantitative estimate of drug-likeness (QED) is 0.609. The lowest BCUT2D eigenvalue weighted by Gasteiger charge is -2.30. The van der Waals surface area contributed by atoms with Gasteiger partial charge in [0.1, 0.15) is 11.8 Å². The highest BCUT2D eigenvalue weighted by Gasteiger charge is 2.28. The minimum Gasteiger partial charge on any atom is -0.497 e. The molecular weight excluding hydrogens is 412 g/mol. The van der Waals surface area contributed by atoms with Crippen LogP contribution in [-0.2, 0) is 22.6 Å². The molecule has 0 radical (unpaired) electrons. The zero-order chi connectivity index (χ0) is 22.2. The number of hydrogen-bond donors (Lipinski definition) is 1. The fraction of sp³-hybridized carbons (Fsp3) is 0.440. The van der Waals surface area contributed by atoms with Gasteiger partial charge in [0.2, 0.25) is 11.8 Å². The van der Waals surface area contributed by atoms with Crippen LogP contribution in [0.4, 0.5) is 0 Å². The van der Waals surface area contributed by atoms with Crippen molar-refractivity contribution in [3.63, 3.8) is 0 Å². The van der Waals surface area contributed by atoms with Crippen molar-refractivity contribution in [2.75, 3.05) is 7.11 Å². The van der Waals surface area contributed by atoms with Crippen LogP contribution < -0.4 is 10.1 Å². The lowest BCUT2D eigenvalue weighted by Crippen LogP contribution is -2.49. The molecule has 6 heteroatoms. The van der Waals surface area contributed by atoms with Gasteiger partial charge in [-0.15, -0.1) is 0 Å². The lowest BCUT2D eigenvalue weighted by atomic mass is 10.1. The summed E-state index contributed by atoms with van der Waals surface area (Å²) in [6.45, 7) is 2.15. The topological polar surface area (TPSA) is 58.6 Å². The van der Waals surface area contributed by atoms with Crippen LogP contribution in [0.15, 0.2) is 48.5 Å². The van der Waals surface area contributed by atoms with Gasteiger partial charge in [0.25, 0.3) is 0 Å². The first-order valence-corrected chi connectivity index (χ1v) is 11.3. The number of amides is 2. The summed E-state index contributed by atoms with van der Waals surface area (Å²) in [6, 6.07) is 14.8. The lowest BCUT2D eigenvalue weighted by molar-refractivity contribution is -0.140. The van der Waals surface area contributed by atoms with Gasteiger partial charge in [-0.25, -0.2) is 0 Å². The fourth-order valence-electron chi connectivity index (χ4n) is 4.03. The second kappa shape index (κ2) is 11.2. The number of nitrogens with zero attached hydrogens (tertiary/aromatic N) is 1. The van der Waals surface area contributed by atoms with Gasteiger partial charge < -0.3 is 15.0 Å². The van der Waals surface area contributed by atoms with E-state index >= 15 is 0 Å². The third kappa shape index (κ3) is 6.47. The van der Waals surface area contributed by atoms with Crippen molar-refractivity contribution >= 4 is 23.4 Å². The Labute approximate surface area is 189 Å². The van der Waals surface area contributed by atoms with E-state index in [9.17, 15) is 9.59 Å². The third-order valence-corrected chi connectivity index (χ3v) is 6.29. The smallest absolute Gasteiger partial charge is 0.242 e. The summed E-state index contributed by atoms with van der Waals surface area (Å²) in [5.74, 6) is 0.557. The number of aryl methyl sites for hydroxylation is 1. The first-order valence-electron chi connectivity index (χ1n) is 10.9. The Hall–Kier alpha value is -2.53. The molecule has 166 valence electrons. The third-order valence-electron chi connectivity index (χ3n) is 5.92. The van der Waals surface area contributed by atoms with Crippen LogP contribution in [0.2, 0.25) is 5.02 Å². The summed E-state index contributed by atoms with van der Waals surface area (Å²) in [6.07, 6.45) is 5.12. The number of nitrogens with one attached hydrogen (secondary N) is 1. The molecule has 2 aromatic rings. The van der Waals surface area contributed by atoms with Gasteiger partial charge in [0, 0.05) is 24.0 Å². The van der Waals surface area contributed by atoms with E-state index in [0.717, 1.165) is 42.6 Å². The Morgan fingerprint density at radius 3 is 2.61 bits per heavy atom. The van der Waals surface area contributed by atoms with Gasteiger partial charge in [-0.05, 0) is 55.5 Å². The summed E-state index contributed by atoms with van der Waals surface area (Å²) in [4.78, 5) is 27.8. The predicted octanol–water partition coefficient (Wildman–Crippen LogP) is 4.76. The van der Waals surface area contributed by atoms with Crippen molar-refractivity contribution in [3.8, 4) is 5.75 Å². The molecule has 5 nitrogen and oxygen atoms in total. The maximum Gasteiger partial charge on any atom is 0.242 e. The zero-order valence-corrected chi connectivity index (χ0v) is 19.0. The SMILES string of the molecule is COc1cccc(CN(C(=O)CCc2ccccc2Cl)C(C)C(=O)NC2CCCC2)c1. The van der Waals surface area contributed by atoms with Gasteiger partial charge in [-0.2, -0.15) is 0 Å². The van der Waals surface area contributed by atoms with Crippen LogP contribution in [0.5, 0.6) is 5.75 Å². The van der Waals surface area contributed by atoms with Crippen molar-refractivity contribution in [2.24, 2.45) is 0 Å². The number of rotatable bonds is 9. The molecule has 0 aliphatic heterocycles. The Bertz CT molecular complexity index is 896. The largest absolute Gasteiger partial charge is 0.497 e. The Kier molecular flexibility index (Phi) is 8.35. The van der Waals surface area contributed by atoms with E-state index in [1.165, 1.54) is 0 Å². The van der Waals surface area contributed by atoms with E-state index in [4.69, 9.17) is 16.3 Å². The summed E-state index contributed by atoms with van der Waals surface area (Å²) >= 11 is 6.26. The molecule has 0 bridgehead atoms. The summed E-state index contributed by atoms with van der Waals surface area (Å²) < 4.78 is 5.31. The van der Waals surface area contributed by atoms with E-state index in [1.807, 2.05) is 48.5 Å². The standard InChI is InChI=1S/C25H31ClN2O3/c1-18(25(30)27-21-10-4-5-11-21)28(17-19-8-7-12-22(16-19)31-2)24(29)15-14-20-9-3-6-13-23(20)26/h3,6-9,12-13,16,18,21H,4-5,10-11,14-15,17H2,1-2H3,(H,27,30). The van der Waals surface area contributed by atoms with E-state index in [1.54, 1.807) is 18.9 Å². The Balaban J connectivity index is 1.73. The Morgan fingerprint density at radius 2 is 1.90 bits per heavy atom. The van der Waals surface area contributed by atoms with E-state index in [2.05, 4.69) is 5.32 Å². The van der Waals surface area contributed by atoms with E-state index < -0.39 is 6.04 Å². The molecule has 2 aromatic carbocycles. The molecule has 0 heterocycles. The van der Waals surface area contributed by atoms with E-state index in [-0.39, 0.29) is 24.3 Å². The molecule has 1 N–H and O–H groups in total. The molecule has 0 saturated heterocycles. The van der Waals surface area contributed by atoms with Crippen LogP contribution in [0.3, 0.4) is 0 Å². The fourth-order valence-corrected chi connectivity index (χ4v) is 4.26. The normalized spacial score (nSPS) is 14.8. The monoisotopic (exact) mass is 442 g/mol. The van der Waals surface area contributed by atoms with E-state index in [0.29, 0.717) is 18.0 Å². The second-order valence-corrected chi connectivity index (χ2v) is 8.54. The molecule has 1 aliphatic rings. The number of benzene rings is 2. The van der Waals surface area contributed by atoms with Gasteiger partial charge in [-0.1, -0.05) is 54.8 Å². The Morgan fingerprint density at radius 1 is 1.16 bits per heavy atom. The average molecular weight is 443 g/mol. The average Bonchev–Trinajstić information content (AvgIpc) is 3.29. The highest BCUT2D eigenvalue weighted by atomic mass is 35.5. The van der Waals surface area contributed by atoms with Gasteiger partial charge >= 0.3 is 0 Å². The van der Waals surface area contributed by atoms with Crippen molar-refractivity contribution in [1.29, 1.82) is 0 Å². The van der Waals surface area contributed by atoms with Gasteiger partial charge in [-0.3, -0.25) is 9.59 Å². The van der Waals surface area contributed by atoms with Crippen molar-refractivity contribution in [1.82, 2.24) is 10.2 Å². The van der Waals surface area contributed by atoms with Gasteiger partial charge in [0.15, 0.2) is 0 Å². The number of carbonyl (C=O) groups is 2. The van der Waals surface area contributed by atoms with Crippen LogP contribution in [0.1, 0.15) is 50.2 Å².